The summed E-state index contributed by atoms with van der Waals surface area (Å²) in [7, 11) is 0. The maximum atomic E-state index is 13.6. The van der Waals surface area contributed by atoms with Gasteiger partial charge >= 0.3 is 12.1 Å². The molecule has 31 heavy (non-hydrogen) atoms. The number of fused-ring (bicyclic) bond motifs is 1. The lowest BCUT2D eigenvalue weighted by Gasteiger charge is -2.24. The van der Waals surface area contributed by atoms with Gasteiger partial charge in [-0.25, -0.2) is 14.0 Å². The number of halogens is 2. The first-order valence-corrected chi connectivity index (χ1v) is 9.50. The number of nitrogens with one attached hydrogen (secondary N) is 1. The summed E-state index contributed by atoms with van der Waals surface area (Å²) in [6.45, 7) is 4.86. The molecule has 10 heteroatoms. The number of hydroxylamine groups is 2. The summed E-state index contributed by atoms with van der Waals surface area (Å²) in [5, 5.41) is 2.30. The van der Waals surface area contributed by atoms with Crippen LogP contribution in [-0.4, -0.2) is 34.5 Å². The predicted molar refractivity (Wildman–Crippen MR) is 107 cm³/mol. The molecule has 8 nitrogen and oxygen atoms in total. The van der Waals surface area contributed by atoms with E-state index in [9.17, 15) is 23.6 Å². The van der Waals surface area contributed by atoms with Crippen LogP contribution in [0.15, 0.2) is 42.5 Å². The Bertz CT molecular complexity index is 1050. The van der Waals surface area contributed by atoms with Crippen LogP contribution in [0, 0.1) is 5.82 Å². The Labute approximate surface area is 181 Å². The van der Waals surface area contributed by atoms with Crippen LogP contribution >= 0.6 is 11.6 Å². The molecule has 162 valence electrons. The van der Waals surface area contributed by atoms with Crippen LogP contribution in [0.5, 0.6) is 0 Å². The van der Waals surface area contributed by atoms with Gasteiger partial charge in [-0.3, -0.25) is 9.59 Å². The van der Waals surface area contributed by atoms with Crippen LogP contribution in [0.3, 0.4) is 0 Å². The SMILES string of the molecule is CC(C)(C)OC(=O)NC(C(=O)ON1C(=O)c2ccccc2C1=O)c1ccc(F)c(Cl)c1. The monoisotopic (exact) mass is 448 g/mol. The predicted octanol–water partition coefficient (Wildman–Crippen LogP) is 3.80. The van der Waals surface area contributed by atoms with Gasteiger partial charge < -0.3 is 14.9 Å². The van der Waals surface area contributed by atoms with E-state index in [1.54, 1.807) is 32.9 Å². The second kappa shape index (κ2) is 8.35. The zero-order chi connectivity index (χ0) is 22.9. The van der Waals surface area contributed by atoms with E-state index in [2.05, 4.69) is 5.32 Å². The Kier molecular flexibility index (Phi) is 5.99. The number of hydrogen-bond acceptors (Lipinski definition) is 6. The van der Waals surface area contributed by atoms with Crippen molar-refractivity contribution in [3.8, 4) is 0 Å². The molecule has 3 amide bonds. The van der Waals surface area contributed by atoms with E-state index in [-0.39, 0.29) is 21.7 Å². The highest BCUT2D eigenvalue weighted by Gasteiger charge is 2.40. The molecule has 1 unspecified atom stereocenters. The Morgan fingerprint density at radius 3 is 2.16 bits per heavy atom. The number of hydrogen-bond donors (Lipinski definition) is 1. The fourth-order valence-electron chi connectivity index (χ4n) is 2.79. The van der Waals surface area contributed by atoms with Crippen LogP contribution in [0.2, 0.25) is 5.02 Å². The molecule has 0 aliphatic carbocycles. The summed E-state index contributed by atoms with van der Waals surface area (Å²) in [6.07, 6.45) is -0.975. The van der Waals surface area contributed by atoms with Crippen molar-refractivity contribution in [3.63, 3.8) is 0 Å². The van der Waals surface area contributed by atoms with Crippen LogP contribution in [0.1, 0.15) is 53.1 Å². The van der Waals surface area contributed by atoms with Crippen molar-refractivity contribution in [1.82, 2.24) is 10.4 Å². The highest BCUT2D eigenvalue weighted by Crippen LogP contribution is 2.26. The van der Waals surface area contributed by atoms with Gasteiger partial charge in [-0.05, 0) is 50.6 Å². The molecule has 2 aromatic carbocycles. The maximum Gasteiger partial charge on any atom is 0.408 e. The van der Waals surface area contributed by atoms with Gasteiger partial charge in [0, 0.05) is 0 Å². The van der Waals surface area contributed by atoms with Gasteiger partial charge in [-0.2, -0.15) is 0 Å². The van der Waals surface area contributed by atoms with Gasteiger partial charge in [0.25, 0.3) is 11.8 Å². The van der Waals surface area contributed by atoms with Gasteiger partial charge in [-0.1, -0.05) is 34.9 Å². The topological polar surface area (TPSA) is 102 Å². The second-order valence-electron chi connectivity index (χ2n) is 7.61. The summed E-state index contributed by atoms with van der Waals surface area (Å²) in [6, 6.07) is 7.72. The van der Waals surface area contributed by atoms with Crippen LogP contribution in [0.4, 0.5) is 9.18 Å². The summed E-state index contributed by atoms with van der Waals surface area (Å²) in [5.41, 5.74) is -0.677. The number of carbonyl (C=O) groups is 4. The third-order valence-electron chi connectivity index (χ3n) is 4.11. The standard InChI is InChI=1S/C21H18ClFN2O6/c1-21(2,3)30-20(29)24-16(11-8-9-15(23)14(22)10-11)19(28)31-25-17(26)12-6-4-5-7-13(12)18(25)27/h4-10,16H,1-3H3,(H,24,29). The molecule has 2 aromatic rings. The van der Waals surface area contributed by atoms with Gasteiger partial charge in [0.05, 0.1) is 16.1 Å². The lowest BCUT2D eigenvalue weighted by atomic mass is 10.1. The van der Waals surface area contributed by atoms with Crippen molar-refractivity contribution in [1.29, 1.82) is 0 Å². The number of imide groups is 1. The van der Waals surface area contributed by atoms with E-state index < -0.39 is 41.3 Å². The van der Waals surface area contributed by atoms with Crippen LogP contribution in [0.25, 0.3) is 0 Å². The first kappa shape index (κ1) is 22.2. The van der Waals surface area contributed by atoms with Crippen molar-refractivity contribution in [3.05, 3.63) is 70.0 Å². The fraction of sp³-hybridized carbons (Fsp3) is 0.238. The van der Waals surface area contributed by atoms with Crippen LogP contribution in [-0.2, 0) is 14.4 Å². The number of carbonyl (C=O) groups excluding carboxylic acids is 4. The number of alkyl carbamates (subject to hydrolysis) is 1. The number of ether oxygens (including phenoxy) is 1. The molecule has 3 rings (SSSR count). The fourth-order valence-corrected chi connectivity index (χ4v) is 2.98. The van der Waals surface area contributed by atoms with Crippen molar-refractivity contribution in [2.75, 3.05) is 0 Å². The number of amides is 3. The maximum absolute atomic E-state index is 13.6. The highest BCUT2D eigenvalue weighted by atomic mass is 35.5. The molecule has 0 aromatic heterocycles. The Balaban J connectivity index is 1.87. The summed E-state index contributed by atoms with van der Waals surface area (Å²) in [4.78, 5) is 55.0. The Morgan fingerprint density at radius 2 is 1.65 bits per heavy atom. The number of benzene rings is 2. The molecule has 1 heterocycles. The first-order valence-electron chi connectivity index (χ1n) is 9.12. The highest BCUT2D eigenvalue weighted by molar-refractivity contribution is 6.30. The van der Waals surface area contributed by atoms with E-state index in [1.807, 2.05) is 0 Å². The summed E-state index contributed by atoms with van der Waals surface area (Å²) < 4.78 is 18.7. The molecule has 0 saturated carbocycles. The van der Waals surface area contributed by atoms with Crippen molar-refractivity contribution in [2.45, 2.75) is 32.4 Å². The number of rotatable bonds is 4. The Morgan fingerprint density at radius 1 is 1.06 bits per heavy atom. The molecule has 1 N–H and O–H groups in total. The van der Waals surface area contributed by atoms with E-state index in [0.717, 1.165) is 12.1 Å². The molecule has 0 bridgehead atoms. The van der Waals surface area contributed by atoms with Crippen molar-refractivity contribution < 1.29 is 33.1 Å². The molecule has 1 aliphatic heterocycles. The first-order chi connectivity index (χ1) is 14.5. The molecular weight excluding hydrogens is 431 g/mol. The quantitative estimate of drug-likeness (QED) is 0.714. The molecule has 0 radical (unpaired) electrons. The smallest absolute Gasteiger partial charge is 0.408 e. The van der Waals surface area contributed by atoms with E-state index in [0.29, 0.717) is 5.06 Å². The third-order valence-corrected chi connectivity index (χ3v) is 4.40. The lowest BCUT2D eigenvalue weighted by Crippen LogP contribution is -2.42. The van der Waals surface area contributed by atoms with Crippen molar-refractivity contribution >= 4 is 35.5 Å². The minimum Gasteiger partial charge on any atom is -0.444 e. The molecule has 0 fully saturated rings. The van der Waals surface area contributed by atoms with Crippen LogP contribution < -0.4 is 5.32 Å². The van der Waals surface area contributed by atoms with Gasteiger partial charge in [0.2, 0.25) is 0 Å². The van der Waals surface area contributed by atoms with Gasteiger partial charge in [0.15, 0.2) is 6.04 Å². The average Bonchev–Trinajstić information content (AvgIpc) is 2.92. The zero-order valence-electron chi connectivity index (χ0n) is 16.8. The minimum atomic E-state index is -1.54. The van der Waals surface area contributed by atoms with E-state index >= 15 is 0 Å². The van der Waals surface area contributed by atoms with Gasteiger partial charge in [-0.15, -0.1) is 0 Å². The molecule has 1 atom stereocenters. The molecule has 0 spiro atoms. The van der Waals surface area contributed by atoms with E-state index in [1.165, 1.54) is 18.2 Å². The molecule has 1 aliphatic rings. The normalized spacial score (nSPS) is 14.2. The summed E-state index contributed by atoms with van der Waals surface area (Å²) in [5.74, 6) is -3.58. The average molecular weight is 449 g/mol. The third kappa shape index (κ3) is 4.83. The molecule has 0 saturated heterocycles. The molecular formula is C21H18ClFN2O6. The number of nitrogens with zero attached hydrogens (tertiary/aromatic N) is 1. The second-order valence-corrected chi connectivity index (χ2v) is 8.02. The van der Waals surface area contributed by atoms with Crippen molar-refractivity contribution in [2.24, 2.45) is 0 Å². The zero-order valence-corrected chi connectivity index (χ0v) is 17.5. The largest absolute Gasteiger partial charge is 0.444 e. The minimum absolute atomic E-state index is 0.0545. The summed E-state index contributed by atoms with van der Waals surface area (Å²) >= 11 is 5.79. The van der Waals surface area contributed by atoms with E-state index in [4.69, 9.17) is 21.2 Å². The van der Waals surface area contributed by atoms with Gasteiger partial charge in [0.1, 0.15) is 11.4 Å². The Hall–Kier alpha value is -3.46. The lowest BCUT2D eigenvalue weighted by molar-refractivity contribution is -0.171.